The van der Waals surface area contributed by atoms with Crippen LogP contribution in [0.4, 0.5) is 0 Å². The van der Waals surface area contributed by atoms with E-state index in [1.54, 1.807) is 0 Å². The van der Waals surface area contributed by atoms with E-state index in [2.05, 4.69) is 17.7 Å². The minimum atomic E-state index is 0.847. The Morgan fingerprint density at radius 1 is 1.64 bits per heavy atom. The zero-order valence-electron chi connectivity index (χ0n) is 7.34. The molecule has 1 rings (SSSR count). The van der Waals surface area contributed by atoms with Gasteiger partial charge in [0.1, 0.15) is 0 Å². The first kappa shape index (κ1) is 8.62. The van der Waals surface area contributed by atoms with Crippen molar-refractivity contribution in [1.82, 2.24) is 4.90 Å². The molecule has 0 aromatic carbocycles. The van der Waals surface area contributed by atoms with Gasteiger partial charge in [-0.15, -0.1) is 6.42 Å². The molecule has 1 saturated heterocycles. The lowest BCUT2D eigenvalue weighted by molar-refractivity contribution is 0.358. The van der Waals surface area contributed by atoms with Gasteiger partial charge in [0.25, 0.3) is 0 Å². The Hall–Kier alpha value is -0.480. The fourth-order valence-corrected chi connectivity index (χ4v) is 1.83. The van der Waals surface area contributed by atoms with E-state index in [9.17, 15) is 0 Å². The average Bonchev–Trinajstić information content (AvgIpc) is 2.38. The first-order valence-corrected chi connectivity index (χ1v) is 4.52. The van der Waals surface area contributed by atoms with Gasteiger partial charge < -0.3 is 0 Å². The Morgan fingerprint density at radius 3 is 3.09 bits per heavy atom. The molecule has 1 unspecified atom stereocenters. The lowest BCUT2D eigenvalue weighted by Crippen LogP contribution is -2.20. The molecule has 1 heteroatoms. The molecule has 0 N–H and O–H groups in total. The van der Waals surface area contributed by atoms with E-state index in [0.29, 0.717) is 0 Å². The third-order valence-electron chi connectivity index (χ3n) is 2.38. The molecule has 0 spiro atoms. The molecule has 0 radical (unpaired) electrons. The van der Waals surface area contributed by atoms with Gasteiger partial charge >= 0.3 is 0 Å². The lowest BCUT2D eigenvalue weighted by Gasteiger charge is -2.11. The van der Waals surface area contributed by atoms with Gasteiger partial charge in [-0.2, -0.15) is 0 Å². The number of hydrogen-bond acceptors (Lipinski definition) is 1. The maximum absolute atomic E-state index is 5.24. The molecule has 0 aliphatic carbocycles. The zero-order valence-corrected chi connectivity index (χ0v) is 7.34. The van der Waals surface area contributed by atoms with Gasteiger partial charge in [0.05, 0.1) is 6.54 Å². The second-order valence-corrected chi connectivity index (χ2v) is 3.38. The highest BCUT2D eigenvalue weighted by atomic mass is 15.1. The number of hydrogen-bond donors (Lipinski definition) is 0. The first-order valence-electron chi connectivity index (χ1n) is 4.52. The van der Waals surface area contributed by atoms with E-state index < -0.39 is 0 Å². The minimum absolute atomic E-state index is 0.847. The minimum Gasteiger partial charge on any atom is -0.292 e. The third-order valence-corrected chi connectivity index (χ3v) is 2.38. The monoisotopic (exact) mass is 151 g/mol. The summed E-state index contributed by atoms with van der Waals surface area (Å²) in [7, 11) is 0. The third kappa shape index (κ3) is 2.55. The molecule has 11 heavy (non-hydrogen) atoms. The van der Waals surface area contributed by atoms with Crippen molar-refractivity contribution >= 4 is 0 Å². The van der Waals surface area contributed by atoms with E-state index in [4.69, 9.17) is 6.42 Å². The van der Waals surface area contributed by atoms with E-state index in [0.717, 1.165) is 12.5 Å². The van der Waals surface area contributed by atoms with Crippen LogP contribution in [0, 0.1) is 18.3 Å². The molecule has 1 heterocycles. The molecule has 0 aromatic heterocycles. The zero-order chi connectivity index (χ0) is 8.10. The van der Waals surface area contributed by atoms with E-state index >= 15 is 0 Å². The fourth-order valence-electron chi connectivity index (χ4n) is 1.83. The number of rotatable bonds is 3. The van der Waals surface area contributed by atoms with Crippen molar-refractivity contribution in [2.24, 2.45) is 5.92 Å². The standard InChI is InChI=1S/C10H17N/c1-3-5-10-6-8-11(9-10)7-4-2/h2,10H,3,5-9H2,1H3. The second-order valence-electron chi connectivity index (χ2n) is 3.38. The quantitative estimate of drug-likeness (QED) is 0.555. The first-order chi connectivity index (χ1) is 5.36. The summed E-state index contributed by atoms with van der Waals surface area (Å²) in [6.45, 7) is 5.55. The van der Waals surface area contributed by atoms with Gasteiger partial charge in [0.2, 0.25) is 0 Å². The van der Waals surface area contributed by atoms with Crippen LogP contribution in [0.25, 0.3) is 0 Å². The van der Waals surface area contributed by atoms with Gasteiger partial charge in [0, 0.05) is 6.54 Å². The van der Waals surface area contributed by atoms with Gasteiger partial charge in [0.15, 0.2) is 0 Å². The lowest BCUT2D eigenvalue weighted by atomic mass is 10.0. The summed E-state index contributed by atoms with van der Waals surface area (Å²) in [5, 5.41) is 0. The molecule has 0 bridgehead atoms. The van der Waals surface area contributed by atoms with E-state index in [-0.39, 0.29) is 0 Å². The molecule has 0 amide bonds. The fraction of sp³-hybridized carbons (Fsp3) is 0.800. The summed E-state index contributed by atoms with van der Waals surface area (Å²) in [6.07, 6.45) is 9.28. The van der Waals surface area contributed by atoms with Crippen molar-refractivity contribution in [3.63, 3.8) is 0 Å². The molecule has 1 aliphatic heterocycles. The smallest absolute Gasteiger partial charge is 0.0599 e. The summed E-state index contributed by atoms with van der Waals surface area (Å²) < 4.78 is 0. The van der Waals surface area contributed by atoms with Gasteiger partial charge in [-0.05, 0) is 25.3 Å². The van der Waals surface area contributed by atoms with Crippen LogP contribution in [-0.4, -0.2) is 24.5 Å². The SMILES string of the molecule is C#CCN1CCC(CCC)C1. The average molecular weight is 151 g/mol. The summed E-state index contributed by atoms with van der Waals surface area (Å²) >= 11 is 0. The molecular weight excluding hydrogens is 134 g/mol. The van der Waals surface area contributed by atoms with Crippen LogP contribution in [0.1, 0.15) is 26.2 Å². The normalized spacial score (nSPS) is 25.3. The Morgan fingerprint density at radius 2 is 2.45 bits per heavy atom. The van der Waals surface area contributed by atoms with Crippen LogP contribution < -0.4 is 0 Å². The van der Waals surface area contributed by atoms with Crippen molar-refractivity contribution in [2.45, 2.75) is 26.2 Å². The highest BCUT2D eigenvalue weighted by Crippen LogP contribution is 2.19. The maximum atomic E-state index is 5.24. The Balaban J connectivity index is 2.19. The molecule has 1 aliphatic rings. The molecule has 62 valence electrons. The number of likely N-dealkylation sites (tertiary alicyclic amines) is 1. The highest BCUT2D eigenvalue weighted by molar-refractivity contribution is 4.90. The molecular formula is C10H17N. The van der Waals surface area contributed by atoms with Crippen LogP contribution >= 0.6 is 0 Å². The van der Waals surface area contributed by atoms with Crippen LogP contribution in [0.5, 0.6) is 0 Å². The van der Waals surface area contributed by atoms with Gasteiger partial charge in [-0.1, -0.05) is 19.3 Å². The summed E-state index contributed by atoms with van der Waals surface area (Å²) in [6, 6.07) is 0. The van der Waals surface area contributed by atoms with Crippen LogP contribution in [-0.2, 0) is 0 Å². The van der Waals surface area contributed by atoms with Crippen molar-refractivity contribution < 1.29 is 0 Å². The molecule has 1 nitrogen and oxygen atoms in total. The van der Waals surface area contributed by atoms with Gasteiger partial charge in [-0.3, -0.25) is 4.90 Å². The summed E-state index contributed by atoms with van der Waals surface area (Å²) in [5.74, 6) is 3.62. The van der Waals surface area contributed by atoms with Gasteiger partial charge in [-0.25, -0.2) is 0 Å². The molecule has 0 saturated carbocycles. The molecule has 1 fully saturated rings. The Labute approximate surface area is 69.8 Å². The summed E-state index contributed by atoms with van der Waals surface area (Å²) in [5.41, 5.74) is 0. The van der Waals surface area contributed by atoms with Crippen molar-refractivity contribution in [1.29, 1.82) is 0 Å². The van der Waals surface area contributed by atoms with Crippen molar-refractivity contribution in [3.05, 3.63) is 0 Å². The van der Waals surface area contributed by atoms with Crippen LogP contribution in [0.2, 0.25) is 0 Å². The van der Waals surface area contributed by atoms with E-state index in [1.165, 1.54) is 32.4 Å². The predicted molar refractivity (Wildman–Crippen MR) is 48.3 cm³/mol. The number of terminal acetylenes is 1. The summed E-state index contributed by atoms with van der Waals surface area (Å²) in [4.78, 5) is 2.38. The Bertz CT molecular complexity index is 145. The maximum Gasteiger partial charge on any atom is 0.0599 e. The Kier molecular flexibility index (Phi) is 3.45. The highest BCUT2D eigenvalue weighted by Gasteiger charge is 2.20. The predicted octanol–water partition coefficient (Wildman–Crippen LogP) is 1.74. The second kappa shape index (κ2) is 4.41. The van der Waals surface area contributed by atoms with Crippen molar-refractivity contribution in [2.75, 3.05) is 19.6 Å². The topological polar surface area (TPSA) is 3.24 Å². The van der Waals surface area contributed by atoms with Crippen molar-refractivity contribution in [3.8, 4) is 12.3 Å². The van der Waals surface area contributed by atoms with Crippen LogP contribution in [0.3, 0.4) is 0 Å². The molecule has 1 atom stereocenters. The number of nitrogens with zero attached hydrogens (tertiary/aromatic N) is 1. The largest absolute Gasteiger partial charge is 0.292 e. The molecule has 0 aromatic rings. The van der Waals surface area contributed by atoms with Crippen LogP contribution in [0.15, 0.2) is 0 Å². The van der Waals surface area contributed by atoms with E-state index in [1.807, 2.05) is 0 Å².